The molecule has 1 rings (SSSR count). The third-order valence-electron chi connectivity index (χ3n) is 7.60. The van der Waals surface area contributed by atoms with Crippen LogP contribution in [0.3, 0.4) is 0 Å². The number of amides is 1. The topological polar surface area (TPSA) is 130 Å². The van der Waals surface area contributed by atoms with Gasteiger partial charge in [-0.2, -0.15) is 0 Å². The van der Waals surface area contributed by atoms with Crippen molar-refractivity contribution in [1.82, 2.24) is 5.32 Å². The first-order chi connectivity index (χ1) is 21.2. The van der Waals surface area contributed by atoms with Gasteiger partial charge in [-0.05, 0) is 56.7 Å². The molecule has 3 atom stereocenters. The van der Waals surface area contributed by atoms with E-state index >= 15 is 0 Å². The van der Waals surface area contributed by atoms with Gasteiger partial charge < -0.3 is 20.3 Å². The molecule has 8 nitrogen and oxygen atoms in total. The Kier molecular flexibility index (Phi) is 20.8. The number of ether oxygens (including phenoxy) is 1. The van der Waals surface area contributed by atoms with Gasteiger partial charge in [-0.15, -0.1) is 5.92 Å². The van der Waals surface area contributed by atoms with Crippen molar-refractivity contribution in [3.63, 3.8) is 0 Å². The van der Waals surface area contributed by atoms with Crippen LogP contribution in [-0.4, -0.2) is 46.5 Å². The van der Waals surface area contributed by atoms with Crippen LogP contribution < -0.4 is 10.1 Å². The van der Waals surface area contributed by atoms with E-state index in [9.17, 15) is 29.4 Å². The molecule has 244 valence electrons. The van der Waals surface area contributed by atoms with E-state index in [4.69, 9.17) is 4.74 Å². The molecule has 8 heteroatoms. The molecule has 0 bridgehead atoms. The van der Waals surface area contributed by atoms with Crippen molar-refractivity contribution < 1.29 is 34.1 Å². The second-order valence-electron chi connectivity index (χ2n) is 11.3. The minimum atomic E-state index is -1.22. The summed E-state index contributed by atoms with van der Waals surface area (Å²) in [5.41, 5.74) is 0.690. The average molecular weight is 612 g/mol. The lowest BCUT2D eigenvalue weighted by molar-refractivity contribution is -0.147. The number of rotatable bonds is 25. The van der Waals surface area contributed by atoms with Crippen LogP contribution in [0, 0.1) is 23.7 Å². The molecule has 0 aliphatic carbocycles. The number of Topliss-reactive ketones (excluding diaryl/α,β-unsaturated/α-hetero) is 1. The molecular weight excluding hydrogens is 558 g/mol. The third-order valence-corrected chi connectivity index (χ3v) is 7.60. The standard InChI is InChI=1S/C36H53NO7/c1-4-7-9-12-15-19-29(38)20-16-13-10-11-14-17-21-31(32(18-6-3)35(40)41)34(39)37-33(36(42)43)27-28-22-24-30(25-23-28)44-26-8-5-2/h17,21-25,31-33H,4,6-7,9-16,18-20,26-27H2,1-3H3,(H,37,39)(H,40,41)(H,42,43)/b21-17+/t31-,32?,33-/m0/s1. The predicted octanol–water partition coefficient (Wildman–Crippen LogP) is 7.14. The zero-order valence-corrected chi connectivity index (χ0v) is 26.9. The van der Waals surface area contributed by atoms with Crippen LogP contribution >= 0.6 is 0 Å². The molecule has 0 saturated heterocycles. The van der Waals surface area contributed by atoms with Crippen molar-refractivity contribution in [3.8, 4) is 17.6 Å². The first-order valence-electron chi connectivity index (χ1n) is 16.3. The van der Waals surface area contributed by atoms with Crippen molar-refractivity contribution in [1.29, 1.82) is 0 Å². The lowest BCUT2D eigenvalue weighted by atomic mass is 9.86. The van der Waals surface area contributed by atoms with Crippen molar-refractivity contribution in [2.75, 3.05) is 6.61 Å². The summed E-state index contributed by atoms with van der Waals surface area (Å²) in [7, 11) is 0. The monoisotopic (exact) mass is 611 g/mol. The maximum absolute atomic E-state index is 13.3. The van der Waals surface area contributed by atoms with E-state index in [-0.39, 0.29) is 13.0 Å². The number of hydrogen-bond acceptors (Lipinski definition) is 5. The fourth-order valence-corrected chi connectivity index (χ4v) is 5.02. The number of carboxylic acids is 2. The van der Waals surface area contributed by atoms with Gasteiger partial charge >= 0.3 is 11.9 Å². The van der Waals surface area contributed by atoms with E-state index in [2.05, 4.69) is 24.1 Å². The Bertz CT molecular complexity index is 1080. The molecule has 0 aromatic heterocycles. The molecule has 44 heavy (non-hydrogen) atoms. The normalized spacial score (nSPS) is 13.0. The minimum absolute atomic E-state index is 0.0411. The van der Waals surface area contributed by atoms with E-state index in [1.165, 1.54) is 19.3 Å². The van der Waals surface area contributed by atoms with E-state index < -0.39 is 35.7 Å². The summed E-state index contributed by atoms with van der Waals surface area (Å²) in [4.78, 5) is 49.5. The second-order valence-corrected chi connectivity index (χ2v) is 11.3. The molecule has 0 radical (unpaired) electrons. The molecule has 0 spiro atoms. The first-order valence-corrected chi connectivity index (χ1v) is 16.3. The van der Waals surface area contributed by atoms with E-state index in [0.29, 0.717) is 49.2 Å². The Balaban J connectivity index is 2.68. The SMILES string of the molecule is CC#CCOc1ccc(C[C@H](NC(=O)[C@@H](/C=C/CCCCCCC(=O)CCCCCCC)C(CCC)C(=O)O)C(=O)O)cc1. The number of aliphatic carboxylic acids is 2. The van der Waals surface area contributed by atoms with Crippen LogP contribution in [0.25, 0.3) is 0 Å². The van der Waals surface area contributed by atoms with Gasteiger partial charge in [-0.3, -0.25) is 14.4 Å². The van der Waals surface area contributed by atoms with Crippen LogP contribution in [0.5, 0.6) is 5.75 Å². The van der Waals surface area contributed by atoms with Gasteiger partial charge in [-0.25, -0.2) is 4.79 Å². The highest BCUT2D eigenvalue weighted by atomic mass is 16.5. The highest BCUT2D eigenvalue weighted by Gasteiger charge is 2.33. The van der Waals surface area contributed by atoms with Gasteiger partial charge in [0.15, 0.2) is 0 Å². The fraction of sp³-hybridized carbons (Fsp3) is 0.611. The van der Waals surface area contributed by atoms with E-state index in [1.807, 2.05) is 13.0 Å². The van der Waals surface area contributed by atoms with Crippen molar-refractivity contribution in [3.05, 3.63) is 42.0 Å². The Morgan fingerprint density at radius 1 is 0.864 bits per heavy atom. The fourth-order valence-electron chi connectivity index (χ4n) is 5.02. The molecule has 1 aromatic rings. The summed E-state index contributed by atoms with van der Waals surface area (Å²) in [6.07, 6.45) is 15.7. The highest BCUT2D eigenvalue weighted by Crippen LogP contribution is 2.22. The summed E-state index contributed by atoms with van der Waals surface area (Å²) in [6, 6.07) is 5.68. The molecule has 1 amide bonds. The van der Waals surface area contributed by atoms with Crippen LogP contribution in [0.4, 0.5) is 0 Å². The smallest absolute Gasteiger partial charge is 0.326 e. The Labute approximate surface area is 264 Å². The molecule has 0 saturated carbocycles. The first kappa shape index (κ1) is 38.4. The number of unbranched alkanes of at least 4 members (excludes halogenated alkanes) is 8. The van der Waals surface area contributed by atoms with Crippen LogP contribution in [0.1, 0.15) is 116 Å². The molecule has 0 aliphatic rings. The van der Waals surface area contributed by atoms with Crippen molar-refractivity contribution in [2.45, 2.75) is 123 Å². The highest BCUT2D eigenvalue weighted by molar-refractivity contribution is 5.89. The summed E-state index contributed by atoms with van der Waals surface area (Å²) in [5.74, 6) is 1.66. The Hall–Kier alpha value is -3.60. The summed E-state index contributed by atoms with van der Waals surface area (Å²) in [5, 5.41) is 22.3. The number of allylic oxidation sites excluding steroid dienone is 1. The zero-order valence-electron chi connectivity index (χ0n) is 26.9. The third kappa shape index (κ3) is 16.9. The molecule has 3 N–H and O–H groups in total. The number of nitrogens with one attached hydrogen (secondary N) is 1. The molecular formula is C36H53NO7. The van der Waals surface area contributed by atoms with Crippen LogP contribution in [0.2, 0.25) is 0 Å². The number of benzene rings is 1. The molecule has 0 aliphatic heterocycles. The van der Waals surface area contributed by atoms with Crippen LogP contribution in [0.15, 0.2) is 36.4 Å². The maximum Gasteiger partial charge on any atom is 0.326 e. The summed E-state index contributed by atoms with van der Waals surface area (Å²) >= 11 is 0. The second kappa shape index (κ2) is 23.8. The molecule has 1 aromatic carbocycles. The lowest BCUT2D eigenvalue weighted by Gasteiger charge is -2.23. The van der Waals surface area contributed by atoms with Gasteiger partial charge in [0.05, 0.1) is 11.8 Å². The van der Waals surface area contributed by atoms with Crippen molar-refractivity contribution in [2.24, 2.45) is 11.8 Å². The van der Waals surface area contributed by atoms with Crippen LogP contribution in [-0.2, 0) is 25.6 Å². The summed E-state index contributed by atoms with van der Waals surface area (Å²) < 4.78 is 5.49. The number of carbonyl (C=O) groups excluding carboxylic acids is 2. The maximum atomic E-state index is 13.3. The Morgan fingerprint density at radius 2 is 1.50 bits per heavy atom. The van der Waals surface area contributed by atoms with Crippen molar-refractivity contribution >= 4 is 23.6 Å². The largest absolute Gasteiger partial charge is 0.481 e. The number of hydrogen-bond donors (Lipinski definition) is 3. The van der Waals surface area contributed by atoms with E-state index in [1.54, 1.807) is 37.3 Å². The number of carbonyl (C=O) groups is 4. The zero-order chi connectivity index (χ0) is 32.6. The minimum Gasteiger partial charge on any atom is -0.481 e. The van der Waals surface area contributed by atoms with Gasteiger partial charge in [0, 0.05) is 19.3 Å². The molecule has 0 fully saturated rings. The lowest BCUT2D eigenvalue weighted by Crippen LogP contribution is -2.47. The molecule has 0 heterocycles. The van der Waals surface area contributed by atoms with Gasteiger partial charge in [0.2, 0.25) is 5.91 Å². The predicted molar refractivity (Wildman–Crippen MR) is 173 cm³/mol. The Morgan fingerprint density at radius 3 is 2.07 bits per heavy atom. The quantitative estimate of drug-likeness (QED) is 0.0608. The van der Waals surface area contributed by atoms with Gasteiger partial charge in [0.25, 0.3) is 0 Å². The average Bonchev–Trinajstić information content (AvgIpc) is 2.99. The van der Waals surface area contributed by atoms with Gasteiger partial charge in [0.1, 0.15) is 24.2 Å². The number of ketones is 1. The van der Waals surface area contributed by atoms with E-state index in [0.717, 1.165) is 38.5 Å². The van der Waals surface area contributed by atoms with Gasteiger partial charge in [-0.1, -0.05) is 89.0 Å². The summed E-state index contributed by atoms with van der Waals surface area (Å²) in [6.45, 7) is 6.01. The molecule has 1 unspecified atom stereocenters. The number of carboxylic acid groups (broad SMARTS) is 2.